The standard InChI is InChI=1S/C13H19NO/c1-9-4-5-10(2)13(8-9)14-12-6-7-15-11(12)3/h4-5,8,11-12,14H,6-7H2,1-3H3/t11-,12+/m1/s1. The molecular weight excluding hydrogens is 186 g/mol. The Bertz CT molecular complexity index is 348. The Morgan fingerprint density at radius 3 is 2.80 bits per heavy atom. The molecule has 1 saturated heterocycles. The highest BCUT2D eigenvalue weighted by atomic mass is 16.5. The predicted molar refractivity (Wildman–Crippen MR) is 63.4 cm³/mol. The van der Waals surface area contributed by atoms with Crippen LogP contribution in [-0.4, -0.2) is 18.8 Å². The van der Waals surface area contributed by atoms with Crippen LogP contribution < -0.4 is 5.32 Å². The predicted octanol–water partition coefficient (Wildman–Crippen LogP) is 2.89. The van der Waals surface area contributed by atoms with Crippen molar-refractivity contribution in [2.45, 2.75) is 39.3 Å². The summed E-state index contributed by atoms with van der Waals surface area (Å²) < 4.78 is 5.55. The maximum absolute atomic E-state index is 5.55. The lowest BCUT2D eigenvalue weighted by Gasteiger charge is -2.19. The molecule has 1 aromatic rings. The zero-order valence-corrected chi connectivity index (χ0v) is 9.71. The molecule has 0 unspecified atom stereocenters. The van der Waals surface area contributed by atoms with E-state index in [0.29, 0.717) is 12.1 Å². The summed E-state index contributed by atoms with van der Waals surface area (Å²) in [5, 5.41) is 3.57. The quantitative estimate of drug-likeness (QED) is 0.801. The van der Waals surface area contributed by atoms with Crippen LogP contribution in [0, 0.1) is 13.8 Å². The van der Waals surface area contributed by atoms with E-state index in [0.717, 1.165) is 13.0 Å². The summed E-state index contributed by atoms with van der Waals surface area (Å²) >= 11 is 0. The highest BCUT2D eigenvalue weighted by Crippen LogP contribution is 2.22. The van der Waals surface area contributed by atoms with E-state index >= 15 is 0 Å². The average molecular weight is 205 g/mol. The maximum Gasteiger partial charge on any atom is 0.0748 e. The zero-order valence-electron chi connectivity index (χ0n) is 9.71. The van der Waals surface area contributed by atoms with Gasteiger partial charge in [-0.1, -0.05) is 12.1 Å². The number of hydrogen-bond acceptors (Lipinski definition) is 2. The number of ether oxygens (including phenoxy) is 1. The van der Waals surface area contributed by atoms with Crippen LogP contribution in [0.3, 0.4) is 0 Å². The molecule has 1 fully saturated rings. The molecule has 0 aliphatic carbocycles. The van der Waals surface area contributed by atoms with Crippen LogP contribution in [-0.2, 0) is 4.74 Å². The molecule has 1 aliphatic heterocycles. The second kappa shape index (κ2) is 4.23. The smallest absolute Gasteiger partial charge is 0.0748 e. The van der Waals surface area contributed by atoms with Gasteiger partial charge in [0.2, 0.25) is 0 Å². The minimum atomic E-state index is 0.324. The number of rotatable bonds is 2. The summed E-state index contributed by atoms with van der Waals surface area (Å²) in [7, 11) is 0. The summed E-state index contributed by atoms with van der Waals surface area (Å²) in [5.74, 6) is 0. The molecule has 82 valence electrons. The fourth-order valence-corrected chi connectivity index (χ4v) is 2.01. The van der Waals surface area contributed by atoms with Crippen molar-refractivity contribution in [3.8, 4) is 0 Å². The van der Waals surface area contributed by atoms with Gasteiger partial charge in [-0.05, 0) is 44.4 Å². The van der Waals surface area contributed by atoms with Crippen molar-refractivity contribution in [3.05, 3.63) is 29.3 Å². The van der Waals surface area contributed by atoms with E-state index in [4.69, 9.17) is 4.74 Å². The van der Waals surface area contributed by atoms with Crippen molar-refractivity contribution in [3.63, 3.8) is 0 Å². The van der Waals surface area contributed by atoms with Gasteiger partial charge in [0.15, 0.2) is 0 Å². The molecule has 2 nitrogen and oxygen atoms in total. The van der Waals surface area contributed by atoms with Gasteiger partial charge in [-0.2, -0.15) is 0 Å². The Hall–Kier alpha value is -1.02. The van der Waals surface area contributed by atoms with Crippen molar-refractivity contribution < 1.29 is 4.74 Å². The van der Waals surface area contributed by atoms with Crippen molar-refractivity contribution in [1.29, 1.82) is 0 Å². The third-order valence-corrected chi connectivity index (χ3v) is 3.11. The van der Waals surface area contributed by atoms with Gasteiger partial charge >= 0.3 is 0 Å². The highest BCUT2D eigenvalue weighted by Gasteiger charge is 2.24. The van der Waals surface area contributed by atoms with Gasteiger partial charge in [-0.15, -0.1) is 0 Å². The number of benzene rings is 1. The average Bonchev–Trinajstić information content (AvgIpc) is 2.58. The Morgan fingerprint density at radius 1 is 1.33 bits per heavy atom. The van der Waals surface area contributed by atoms with E-state index < -0.39 is 0 Å². The van der Waals surface area contributed by atoms with Crippen LogP contribution in [0.15, 0.2) is 18.2 Å². The fourth-order valence-electron chi connectivity index (χ4n) is 2.01. The Labute approximate surface area is 91.6 Å². The van der Waals surface area contributed by atoms with Gasteiger partial charge in [0.1, 0.15) is 0 Å². The normalized spacial score (nSPS) is 25.5. The minimum absolute atomic E-state index is 0.324. The van der Waals surface area contributed by atoms with E-state index in [1.54, 1.807) is 0 Å². The summed E-state index contributed by atoms with van der Waals surface area (Å²) in [6.07, 6.45) is 1.43. The summed E-state index contributed by atoms with van der Waals surface area (Å²) in [6, 6.07) is 6.98. The fraction of sp³-hybridized carbons (Fsp3) is 0.538. The first kappa shape index (κ1) is 10.5. The van der Waals surface area contributed by atoms with Gasteiger partial charge in [0, 0.05) is 12.3 Å². The van der Waals surface area contributed by atoms with Crippen molar-refractivity contribution >= 4 is 5.69 Å². The largest absolute Gasteiger partial charge is 0.379 e. The molecular formula is C13H19NO. The number of aryl methyl sites for hydroxylation is 2. The molecule has 0 bridgehead atoms. The Morgan fingerprint density at radius 2 is 2.13 bits per heavy atom. The van der Waals surface area contributed by atoms with Crippen LogP contribution >= 0.6 is 0 Å². The molecule has 1 heterocycles. The van der Waals surface area contributed by atoms with Gasteiger partial charge in [-0.3, -0.25) is 0 Å². The van der Waals surface area contributed by atoms with Crippen LogP contribution in [0.2, 0.25) is 0 Å². The maximum atomic E-state index is 5.55. The number of hydrogen-bond donors (Lipinski definition) is 1. The Balaban J connectivity index is 2.12. The second-order valence-electron chi connectivity index (χ2n) is 4.43. The van der Waals surface area contributed by atoms with Crippen LogP contribution in [0.4, 0.5) is 5.69 Å². The summed E-state index contributed by atoms with van der Waals surface area (Å²) in [4.78, 5) is 0. The van der Waals surface area contributed by atoms with E-state index in [9.17, 15) is 0 Å². The Kier molecular flexibility index (Phi) is 2.96. The second-order valence-corrected chi connectivity index (χ2v) is 4.43. The van der Waals surface area contributed by atoms with Crippen LogP contribution in [0.1, 0.15) is 24.5 Å². The molecule has 0 radical (unpaired) electrons. The molecule has 1 aliphatic rings. The van der Waals surface area contributed by atoms with E-state index in [2.05, 4.69) is 44.3 Å². The van der Waals surface area contributed by atoms with Crippen molar-refractivity contribution in [1.82, 2.24) is 0 Å². The SMILES string of the molecule is Cc1ccc(C)c(N[C@H]2CCO[C@@H]2C)c1. The minimum Gasteiger partial charge on any atom is -0.379 e. The molecule has 1 aromatic carbocycles. The lowest BCUT2D eigenvalue weighted by atomic mass is 10.1. The third-order valence-electron chi connectivity index (χ3n) is 3.11. The van der Waals surface area contributed by atoms with Crippen LogP contribution in [0.5, 0.6) is 0 Å². The molecule has 0 amide bonds. The van der Waals surface area contributed by atoms with Crippen LogP contribution in [0.25, 0.3) is 0 Å². The summed E-state index contributed by atoms with van der Waals surface area (Å²) in [5.41, 5.74) is 3.85. The van der Waals surface area contributed by atoms with Crippen molar-refractivity contribution in [2.75, 3.05) is 11.9 Å². The van der Waals surface area contributed by atoms with E-state index in [1.807, 2.05) is 0 Å². The number of nitrogens with one attached hydrogen (secondary N) is 1. The molecule has 0 spiro atoms. The topological polar surface area (TPSA) is 21.3 Å². The van der Waals surface area contributed by atoms with E-state index in [1.165, 1.54) is 16.8 Å². The highest BCUT2D eigenvalue weighted by molar-refractivity contribution is 5.53. The number of anilines is 1. The molecule has 2 rings (SSSR count). The molecule has 2 atom stereocenters. The molecule has 1 N–H and O–H groups in total. The third kappa shape index (κ3) is 2.32. The zero-order chi connectivity index (χ0) is 10.8. The van der Waals surface area contributed by atoms with Gasteiger partial charge < -0.3 is 10.1 Å². The molecule has 2 heteroatoms. The lowest BCUT2D eigenvalue weighted by molar-refractivity contribution is 0.121. The van der Waals surface area contributed by atoms with Crippen molar-refractivity contribution in [2.24, 2.45) is 0 Å². The lowest BCUT2D eigenvalue weighted by Crippen LogP contribution is -2.27. The first-order valence-electron chi connectivity index (χ1n) is 5.62. The van der Waals surface area contributed by atoms with E-state index in [-0.39, 0.29) is 0 Å². The molecule has 0 aromatic heterocycles. The summed E-state index contributed by atoms with van der Waals surface area (Å²) in [6.45, 7) is 7.28. The monoisotopic (exact) mass is 205 g/mol. The van der Waals surface area contributed by atoms with Gasteiger partial charge in [-0.25, -0.2) is 0 Å². The molecule has 0 saturated carbocycles. The first-order valence-corrected chi connectivity index (χ1v) is 5.62. The van der Waals surface area contributed by atoms with Gasteiger partial charge in [0.05, 0.1) is 12.1 Å². The first-order chi connectivity index (χ1) is 7.16. The van der Waals surface area contributed by atoms with Gasteiger partial charge in [0.25, 0.3) is 0 Å². The molecule has 15 heavy (non-hydrogen) atoms.